The number of halogens is 1. The predicted octanol–water partition coefficient (Wildman–Crippen LogP) is 2.94. The predicted molar refractivity (Wildman–Crippen MR) is 117 cm³/mol. The Labute approximate surface area is 187 Å². The molecule has 0 fully saturated rings. The van der Waals surface area contributed by atoms with Crippen LogP contribution in [0.4, 0.5) is 5.69 Å². The number of nitro benzene ring substituents is 1. The molecule has 0 aliphatic carbocycles. The summed E-state index contributed by atoms with van der Waals surface area (Å²) < 4.78 is 5.23. The molecule has 1 atom stereocenters. The van der Waals surface area contributed by atoms with Crippen LogP contribution in [-0.2, 0) is 16.1 Å². The van der Waals surface area contributed by atoms with Crippen LogP contribution in [0, 0.1) is 10.1 Å². The quantitative estimate of drug-likeness (QED) is 0.312. The summed E-state index contributed by atoms with van der Waals surface area (Å²) in [5.74, 6) is -1.53. The Kier molecular flexibility index (Phi) is 8.83. The van der Waals surface area contributed by atoms with Gasteiger partial charge in [0.05, 0.1) is 21.1 Å². The molecule has 0 heterocycles. The number of ether oxygens (including phenoxy) is 1. The number of nitrogens with zero attached hydrogens (tertiary/aromatic N) is 1. The summed E-state index contributed by atoms with van der Waals surface area (Å²) in [6.07, 6.45) is 2.14. The van der Waals surface area contributed by atoms with Crippen LogP contribution >= 0.6 is 23.4 Å². The van der Waals surface area contributed by atoms with Crippen molar-refractivity contribution in [3.05, 3.63) is 74.3 Å². The van der Waals surface area contributed by atoms with Crippen LogP contribution in [0.25, 0.3) is 0 Å². The first-order valence-corrected chi connectivity index (χ1v) is 10.8. The Morgan fingerprint density at radius 3 is 2.58 bits per heavy atom. The number of hydrogen-bond acceptors (Lipinski definition) is 7. The molecule has 0 bridgehead atoms. The molecule has 11 heteroatoms. The zero-order chi connectivity index (χ0) is 23.0. The van der Waals surface area contributed by atoms with Gasteiger partial charge in [0.2, 0.25) is 5.91 Å². The maximum absolute atomic E-state index is 12.6. The molecule has 0 aliphatic heterocycles. The average Bonchev–Trinajstić information content (AvgIpc) is 2.74. The number of carbonyl (C=O) groups is 3. The monoisotopic (exact) mass is 465 g/mol. The van der Waals surface area contributed by atoms with Crippen molar-refractivity contribution < 1.29 is 24.0 Å². The molecule has 2 aromatic carbocycles. The smallest absolute Gasteiger partial charge is 0.329 e. The van der Waals surface area contributed by atoms with Crippen molar-refractivity contribution in [2.24, 2.45) is 5.73 Å². The summed E-state index contributed by atoms with van der Waals surface area (Å²) in [4.78, 5) is 47.0. The number of rotatable bonds is 10. The number of amides is 2. The third kappa shape index (κ3) is 6.69. The van der Waals surface area contributed by atoms with E-state index in [9.17, 15) is 24.5 Å². The van der Waals surface area contributed by atoms with E-state index in [2.05, 4.69) is 5.32 Å². The van der Waals surface area contributed by atoms with Crippen LogP contribution in [0.1, 0.15) is 32.7 Å². The highest BCUT2D eigenvalue weighted by Gasteiger charge is 2.25. The molecular formula is C20H20ClN3O6S. The lowest BCUT2D eigenvalue weighted by Crippen LogP contribution is -2.42. The van der Waals surface area contributed by atoms with Gasteiger partial charge in [-0.1, -0.05) is 23.7 Å². The van der Waals surface area contributed by atoms with Crippen molar-refractivity contribution in [3.8, 4) is 0 Å². The lowest BCUT2D eigenvalue weighted by atomic mass is 10.1. The summed E-state index contributed by atoms with van der Waals surface area (Å²) in [5, 5.41) is 14.1. The average molecular weight is 466 g/mol. The minimum atomic E-state index is -0.972. The van der Waals surface area contributed by atoms with Crippen molar-refractivity contribution in [3.63, 3.8) is 0 Å². The second-order valence-corrected chi connectivity index (χ2v) is 7.75. The Bertz CT molecular complexity index is 1000. The van der Waals surface area contributed by atoms with E-state index in [1.54, 1.807) is 18.2 Å². The number of carbonyl (C=O) groups excluding carboxylic acids is 3. The molecule has 31 heavy (non-hydrogen) atoms. The Morgan fingerprint density at radius 2 is 1.97 bits per heavy atom. The van der Waals surface area contributed by atoms with Crippen molar-refractivity contribution in [2.45, 2.75) is 19.1 Å². The molecule has 0 saturated carbocycles. The fourth-order valence-corrected chi connectivity index (χ4v) is 3.32. The largest absolute Gasteiger partial charge is 0.459 e. The minimum Gasteiger partial charge on any atom is -0.459 e. The highest BCUT2D eigenvalue weighted by Crippen LogP contribution is 2.22. The standard InChI is InChI=1S/C20H20ClN3O6S/c1-31-9-8-16(23-19(26)14-4-2-3-5-15(14)21)20(27)30-11-13-7-6-12(18(22)25)10-17(13)24(28)29/h2-7,10,16H,8-9,11H2,1H3,(H2,22,25)(H,23,26). The minimum absolute atomic E-state index is 0.0355. The van der Waals surface area contributed by atoms with Crippen LogP contribution in [0.15, 0.2) is 42.5 Å². The van der Waals surface area contributed by atoms with E-state index in [1.807, 2.05) is 6.26 Å². The van der Waals surface area contributed by atoms with Crippen LogP contribution in [0.3, 0.4) is 0 Å². The second-order valence-electron chi connectivity index (χ2n) is 6.36. The number of nitro groups is 1. The van der Waals surface area contributed by atoms with E-state index in [4.69, 9.17) is 22.1 Å². The summed E-state index contributed by atoms with van der Waals surface area (Å²) >= 11 is 7.51. The third-order valence-corrected chi connectivity index (χ3v) is 5.23. The molecule has 0 aliphatic rings. The zero-order valence-corrected chi connectivity index (χ0v) is 18.1. The number of hydrogen-bond donors (Lipinski definition) is 2. The summed E-state index contributed by atoms with van der Waals surface area (Å²) in [7, 11) is 0. The van der Waals surface area contributed by atoms with E-state index < -0.39 is 41.0 Å². The maximum Gasteiger partial charge on any atom is 0.329 e. The number of nitrogens with one attached hydrogen (secondary N) is 1. The molecule has 2 amide bonds. The number of esters is 1. The Morgan fingerprint density at radius 1 is 1.26 bits per heavy atom. The van der Waals surface area contributed by atoms with Gasteiger partial charge in [0.25, 0.3) is 11.6 Å². The van der Waals surface area contributed by atoms with Gasteiger partial charge < -0.3 is 15.8 Å². The lowest BCUT2D eigenvalue weighted by molar-refractivity contribution is -0.385. The van der Waals surface area contributed by atoms with Gasteiger partial charge in [-0.2, -0.15) is 11.8 Å². The SMILES string of the molecule is CSCCC(NC(=O)c1ccccc1Cl)C(=O)OCc1ccc(C(N)=O)cc1[N+](=O)[O-]. The first-order chi connectivity index (χ1) is 14.7. The van der Waals surface area contributed by atoms with E-state index >= 15 is 0 Å². The van der Waals surface area contributed by atoms with Crippen molar-refractivity contribution >= 4 is 46.8 Å². The van der Waals surface area contributed by atoms with E-state index in [0.29, 0.717) is 12.2 Å². The summed E-state index contributed by atoms with van der Waals surface area (Å²) in [5.41, 5.74) is 5.01. The molecule has 0 saturated heterocycles. The molecule has 0 spiro atoms. The van der Waals surface area contributed by atoms with Gasteiger partial charge in [-0.05, 0) is 42.7 Å². The van der Waals surface area contributed by atoms with Gasteiger partial charge in [0.15, 0.2) is 0 Å². The maximum atomic E-state index is 12.6. The van der Waals surface area contributed by atoms with Gasteiger partial charge in [-0.25, -0.2) is 4.79 Å². The van der Waals surface area contributed by atoms with E-state index in [1.165, 1.54) is 30.0 Å². The van der Waals surface area contributed by atoms with Gasteiger partial charge in [-0.15, -0.1) is 0 Å². The molecule has 3 N–H and O–H groups in total. The van der Waals surface area contributed by atoms with Crippen LogP contribution < -0.4 is 11.1 Å². The number of nitrogens with two attached hydrogens (primary N) is 1. The zero-order valence-electron chi connectivity index (χ0n) is 16.5. The third-order valence-electron chi connectivity index (χ3n) is 4.26. The molecule has 1 unspecified atom stereocenters. The molecule has 2 rings (SSSR count). The normalized spacial score (nSPS) is 11.4. The summed E-state index contributed by atoms with van der Waals surface area (Å²) in [6, 6.07) is 9.06. The van der Waals surface area contributed by atoms with Crippen LogP contribution in [0.5, 0.6) is 0 Å². The topological polar surface area (TPSA) is 142 Å². The van der Waals surface area contributed by atoms with Gasteiger partial charge in [-0.3, -0.25) is 19.7 Å². The molecule has 0 aromatic heterocycles. The summed E-state index contributed by atoms with van der Waals surface area (Å²) in [6.45, 7) is -0.411. The first kappa shape index (κ1) is 24.2. The highest BCUT2D eigenvalue weighted by atomic mass is 35.5. The number of thioether (sulfide) groups is 1. The molecular weight excluding hydrogens is 446 g/mol. The Balaban J connectivity index is 2.14. The van der Waals surface area contributed by atoms with E-state index in [-0.39, 0.29) is 21.7 Å². The van der Waals surface area contributed by atoms with Crippen LogP contribution in [-0.4, -0.2) is 40.8 Å². The molecule has 2 aromatic rings. The van der Waals surface area contributed by atoms with Gasteiger partial charge in [0.1, 0.15) is 12.6 Å². The second kappa shape index (κ2) is 11.3. The first-order valence-electron chi connectivity index (χ1n) is 9.02. The fourth-order valence-electron chi connectivity index (χ4n) is 2.62. The van der Waals surface area contributed by atoms with Crippen molar-refractivity contribution in [1.29, 1.82) is 0 Å². The van der Waals surface area contributed by atoms with Crippen LogP contribution in [0.2, 0.25) is 5.02 Å². The van der Waals surface area contributed by atoms with E-state index in [0.717, 1.165) is 6.07 Å². The van der Waals surface area contributed by atoms with Crippen molar-refractivity contribution in [2.75, 3.05) is 12.0 Å². The molecule has 9 nitrogen and oxygen atoms in total. The van der Waals surface area contributed by atoms with Crippen molar-refractivity contribution in [1.82, 2.24) is 5.32 Å². The number of primary amides is 1. The Hall–Kier alpha value is -3.11. The van der Waals surface area contributed by atoms with Gasteiger partial charge >= 0.3 is 5.97 Å². The number of benzene rings is 2. The lowest BCUT2D eigenvalue weighted by Gasteiger charge is -2.18. The molecule has 0 radical (unpaired) electrons. The molecule has 164 valence electrons. The fraction of sp³-hybridized carbons (Fsp3) is 0.250. The van der Waals surface area contributed by atoms with Gasteiger partial charge in [0, 0.05) is 11.6 Å². The highest BCUT2D eigenvalue weighted by molar-refractivity contribution is 7.98.